The summed E-state index contributed by atoms with van der Waals surface area (Å²) < 4.78 is 10.4. The van der Waals surface area contributed by atoms with Crippen molar-refractivity contribution in [2.45, 2.75) is 12.5 Å². The van der Waals surface area contributed by atoms with Crippen LogP contribution in [0.25, 0.3) is 10.8 Å². The minimum atomic E-state index is -0.0545. The van der Waals surface area contributed by atoms with Crippen LogP contribution in [0.15, 0.2) is 36.7 Å². The topological polar surface area (TPSA) is 57.4 Å². The van der Waals surface area contributed by atoms with Crippen LogP contribution in [0.4, 0.5) is 0 Å². The number of hydrogen-bond donors (Lipinski definition) is 1. The Morgan fingerprint density at radius 3 is 2.84 bits per heavy atom. The van der Waals surface area contributed by atoms with Gasteiger partial charge in [-0.25, -0.2) is 0 Å². The van der Waals surface area contributed by atoms with Gasteiger partial charge in [0.2, 0.25) is 0 Å². The number of benzene rings is 1. The van der Waals surface area contributed by atoms with Crippen LogP contribution < -0.4 is 5.73 Å². The zero-order valence-corrected chi connectivity index (χ0v) is 11.2. The molecule has 1 heterocycles. The molecule has 2 N–H and O–H groups in total. The van der Waals surface area contributed by atoms with E-state index >= 15 is 0 Å². The van der Waals surface area contributed by atoms with Gasteiger partial charge in [-0.1, -0.05) is 24.3 Å². The third-order valence-corrected chi connectivity index (χ3v) is 3.10. The standard InChI is InChI=1S/C15H20N2O2/c1-18-8-9-19-7-6-15(16)14-11-17-10-12-4-2-3-5-13(12)14/h2-5,10-11,15H,6-9,16H2,1H3. The van der Waals surface area contributed by atoms with Crippen molar-refractivity contribution in [2.75, 3.05) is 26.9 Å². The van der Waals surface area contributed by atoms with Crippen molar-refractivity contribution in [1.29, 1.82) is 0 Å². The molecule has 0 fully saturated rings. The maximum absolute atomic E-state index is 6.22. The smallest absolute Gasteiger partial charge is 0.0700 e. The van der Waals surface area contributed by atoms with Crippen molar-refractivity contribution in [3.8, 4) is 0 Å². The van der Waals surface area contributed by atoms with Gasteiger partial charge < -0.3 is 15.2 Å². The molecule has 0 spiro atoms. The molecule has 0 aliphatic rings. The van der Waals surface area contributed by atoms with Crippen LogP contribution in [-0.2, 0) is 9.47 Å². The van der Waals surface area contributed by atoms with Crippen LogP contribution in [0.1, 0.15) is 18.0 Å². The summed E-state index contributed by atoms with van der Waals surface area (Å²) in [5, 5.41) is 2.29. The Bertz CT molecular complexity index is 511. The van der Waals surface area contributed by atoms with Crippen molar-refractivity contribution < 1.29 is 9.47 Å². The van der Waals surface area contributed by atoms with Crippen LogP contribution in [0, 0.1) is 0 Å². The fraction of sp³-hybridized carbons (Fsp3) is 0.400. The monoisotopic (exact) mass is 260 g/mol. The van der Waals surface area contributed by atoms with Gasteiger partial charge in [-0.3, -0.25) is 4.98 Å². The van der Waals surface area contributed by atoms with Gasteiger partial charge in [0.05, 0.1) is 13.2 Å². The summed E-state index contributed by atoms with van der Waals surface area (Å²) in [6, 6.07) is 8.10. The molecule has 1 atom stereocenters. The highest BCUT2D eigenvalue weighted by atomic mass is 16.5. The van der Waals surface area contributed by atoms with Gasteiger partial charge in [-0.2, -0.15) is 0 Å². The number of fused-ring (bicyclic) bond motifs is 1. The summed E-state index contributed by atoms with van der Waals surface area (Å²) in [5.41, 5.74) is 7.30. The van der Waals surface area contributed by atoms with E-state index in [2.05, 4.69) is 11.1 Å². The normalized spacial score (nSPS) is 12.7. The largest absolute Gasteiger partial charge is 0.382 e. The Hall–Kier alpha value is -1.49. The summed E-state index contributed by atoms with van der Waals surface area (Å²) in [6.07, 6.45) is 4.49. The number of nitrogens with two attached hydrogens (primary N) is 1. The molecule has 0 aliphatic carbocycles. The van der Waals surface area contributed by atoms with Crippen LogP contribution in [-0.4, -0.2) is 31.9 Å². The first kappa shape index (κ1) is 13.9. The molecule has 0 amide bonds. The average Bonchev–Trinajstić information content (AvgIpc) is 2.46. The maximum Gasteiger partial charge on any atom is 0.0700 e. The highest BCUT2D eigenvalue weighted by molar-refractivity contribution is 5.84. The maximum atomic E-state index is 6.22. The number of methoxy groups -OCH3 is 1. The molecular weight excluding hydrogens is 240 g/mol. The van der Waals surface area contributed by atoms with E-state index in [1.54, 1.807) is 7.11 Å². The van der Waals surface area contributed by atoms with Crippen molar-refractivity contribution in [3.05, 3.63) is 42.2 Å². The number of hydrogen-bond acceptors (Lipinski definition) is 4. The molecule has 4 nitrogen and oxygen atoms in total. The first-order valence-electron chi connectivity index (χ1n) is 6.48. The zero-order valence-electron chi connectivity index (χ0n) is 11.2. The molecule has 4 heteroatoms. The number of rotatable bonds is 7. The molecule has 0 radical (unpaired) electrons. The summed E-state index contributed by atoms with van der Waals surface area (Å²) >= 11 is 0. The molecule has 1 aromatic heterocycles. The highest BCUT2D eigenvalue weighted by Gasteiger charge is 2.10. The van der Waals surface area contributed by atoms with Gasteiger partial charge >= 0.3 is 0 Å². The van der Waals surface area contributed by atoms with E-state index < -0.39 is 0 Å². The Balaban J connectivity index is 1.99. The second-order valence-corrected chi connectivity index (χ2v) is 4.45. The van der Waals surface area contributed by atoms with E-state index in [1.807, 2.05) is 30.6 Å². The predicted molar refractivity (Wildman–Crippen MR) is 76.0 cm³/mol. The molecule has 1 unspecified atom stereocenters. The fourth-order valence-electron chi connectivity index (χ4n) is 2.05. The van der Waals surface area contributed by atoms with E-state index in [1.165, 1.54) is 5.39 Å². The molecule has 2 rings (SSSR count). The molecule has 0 saturated carbocycles. The van der Waals surface area contributed by atoms with E-state index in [-0.39, 0.29) is 6.04 Å². The van der Waals surface area contributed by atoms with E-state index in [0.717, 1.165) is 17.4 Å². The van der Waals surface area contributed by atoms with Gasteiger partial charge in [-0.05, 0) is 17.4 Å². The summed E-state index contributed by atoms with van der Waals surface area (Å²) in [7, 11) is 1.66. The average molecular weight is 260 g/mol. The third-order valence-electron chi connectivity index (χ3n) is 3.10. The molecule has 1 aromatic carbocycles. The van der Waals surface area contributed by atoms with E-state index in [9.17, 15) is 0 Å². The predicted octanol–water partition coefficient (Wildman–Crippen LogP) is 2.29. The molecule has 0 saturated heterocycles. The lowest BCUT2D eigenvalue weighted by molar-refractivity contribution is 0.0672. The Labute approximate surface area is 113 Å². The lowest BCUT2D eigenvalue weighted by Crippen LogP contribution is -2.15. The number of nitrogens with zero attached hydrogens (tertiary/aromatic N) is 1. The molecule has 2 aromatic rings. The molecule has 0 bridgehead atoms. The van der Waals surface area contributed by atoms with E-state index in [4.69, 9.17) is 15.2 Å². The second kappa shape index (κ2) is 7.19. The van der Waals surface area contributed by atoms with Crippen molar-refractivity contribution >= 4 is 10.8 Å². The zero-order chi connectivity index (χ0) is 13.5. The van der Waals surface area contributed by atoms with Gasteiger partial charge in [-0.15, -0.1) is 0 Å². The van der Waals surface area contributed by atoms with Gasteiger partial charge in [0.1, 0.15) is 0 Å². The first-order chi connectivity index (χ1) is 9.33. The molecule has 19 heavy (non-hydrogen) atoms. The van der Waals surface area contributed by atoms with Crippen molar-refractivity contribution in [2.24, 2.45) is 5.73 Å². The van der Waals surface area contributed by atoms with Crippen LogP contribution in [0.3, 0.4) is 0 Å². The lowest BCUT2D eigenvalue weighted by Gasteiger charge is -2.14. The fourth-order valence-corrected chi connectivity index (χ4v) is 2.05. The highest BCUT2D eigenvalue weighted by Crippen LogP contribution is 2.23. The molecule has 0 aliphatic heterocycles. The number of aromatic nitrogens is 1. The summed E-state index contributed by atoms with van der Waals surface area (Å²) in [5.74, 6) is 0. The molecule has 102 valence electrons. The van der Waals surface area contributed by atoms with Gasteiger partial charge in [0.25, 0.3) is 0 Å². The van der Waals surface area contributed by atoms with Crippen LogP contribution in [0.5, 0.6) is 0 Å². The number of pyridine rings is 1. The lowest BCUT2D eigenvalue weighted by atomic mass is 10.0. The van der Waals surface area contributed by atoms with Gasteiger partial charge in [0, 0.05) is 37.5 Å². The Morgan fingerprint density at radius 2 is 2.00 bits per heavy atom. The van der Waals surface area contributed by atoms with Crippen LogP contribution in [0.2, 0.25) is 0 Å². The van der Waals surface area contributed by atoms with Crippen molar-refractivity contribution in [3.63, 3.8) is 0 Å². The quantitative estimate of drug-likeness (QED) is 0.776. The minimum absolute atomic E-state index is 0.0545. The summed E-state index contributed by atoms with van der Waals surface area (Å²) in [4.78, 5) is 4.25. The van der Waals surface area contributed by atoms with Crippen molar-refractivity contribution in [1.82, 2.24) is 4.98 Å². The Kier molecular flexibility index (Phi) is 5.27. The first-order valence-corrected chi connectivity index (χ1v) is 6.48. The third kappa shape index (κ3) is 3.73. The second-order valence-electron chi connectivity index (χ2n) is 4.45. The SMILES string of the molecule is COCCOCCC(N)c1cncc2ccccc12. The molecular formula is C15H20N2O2. The van der Waals surface area contributed by atoms with E-state index in [0.29, 0.717) is 19.8 Å². The van der Waals surface area contributed by atoms with Gasteiger partial charge in [0.15, 0.2) is 0 Å². The summed E-state index contributed by atoms with van der Waals surface area (Å²) in [6.45, 7) is 1.86. The minimum Gasteiger partial charge on any atom is -0.382 e. The van der Waals surface area contributed by atoms with Crippen LogP contribution >= 0.6 is 0 Å². The number of ether oxygens (including phenoxy) is 2. The Morgan fingerprint density at radius 1 is 1.16 bits per heavy atom.